The maximum atomic E-state index is 14.4. The second-order valence-corrected chi connectivity index (χ2v) is 5.58. The van der Waals surface area contributed by atoms with E-state index in [0.717, 1.165) is 0 Å². The van der Waals surface area contributed by atoms with Gasteiger partial charge < -0.3 is 10.1 Å². The summed E-state index contributed by atoms with van der Waals surface area (Å²) in [5, 5.41) is 14.0. The minimum absolute atomic E-state index is 0.00803. The van der Waals surface area contributed by atoms with Crippen LogP contribution in [0, 0.1) is 11.7 Å². The molecule has 0 saturated heterocycles. The molecule has 1 unspecified atom stereocenters. The van der Waals surface area contributed by atoms with Gasteiger partial charge in [-0.1, -0.05) is 6.92 Å². The first-order valence-corrected chi connectivity index (χ1v) is 7.31. The molecule has 0 fully saturated rings. The molecule has 1 aromatic carbocycles. The van der Waals surface area contributed by atoms with E-state index >= 15 is 0 Å². The Morgan fingerprint density at radius 1 is 1.39 bits per heavy atom. The van der Waals surface area contributed by atoms with E-state index in [0.29, 0.717) is 18.1 Å². The number of carbonyl (C=O) groups excluding carboxylic acids is 1. The maximum absolute atomic E-state index is 14.4. The molecule has 124 valence electrons. The van der Waals surface area contributed by atoms with Crippen molar-refractivity contribution in [3.8, 4) is 11.4 Å². The second-order valence-electron chi connectivity index (χ2n) is 5.58. The van der Waals surface area contributed by atoms with Gasteiger partial charge in [0.2, 0.25) is 5.91 Å². The lowest BCUT2D eigenvalue weighted by molar-refractivity contribution is -0.120. The molecular weight excluding hydrogens is 301 g/mol. The number of carbonyl (C=O) groups is 1. The first-order chi connectivity index (χ1) is 10.9. The van der Waals surface area contributed by atoms with E-state index in [9.17, 15) is 9.18 Å². The zero-order valence-corrected chi connectivity index (χ0v) is 13.6. The highest BCUT2D eigenvalue weighted by atomic mass is 19.1. The summed E-state index contributed by atoms with van der Waals surface area (Å²) in [5.41, 5.74) is 0.661. The quantitative estimate of drug-likeness (QED) is 0.882. The molecule has 1 N–H and O–H groups in total. The Balaban J connectivity index is 2.21. The van der Waals surface area contributed by atoms with Crippen molar-refractivity contribution in [3.05, 3.63) is 24.0 Å². The molecule has 2 aromatic rings. The van der Waals surface area contributed by atoms with Gasteiger partial charge in [-0.15, -0.1) is 5.10 Å². The van der Waals surface area contributed by atoms with Crippen LogP contribution in [-0.4, -0.2) is 39.8 Å². The highest BCUT2D eigenvalue weighted by molar-refractivity contribution is 5.92. The zero-order valence-electron chi connectivity index (χ0n) is 13.6. The van der Waals surface area contributed by atoms with Crippen LogP contribution in [0.25, 0.3) is 11.4 Å². The van der Waals surface area contributed by atoms with E-state index in [4.69, 9.17) is 4.74 Å². The summed E-state index contributed by atoms with van der Waals surface area (Å²) in [4.78, 5) is 11.9. The monoisotopic (exact) mass is 321 g/mol. The number of methoxy groups -OCH3 is 1. The number of halogens is 1. The van der Waals surface area contributed by atoms with Crippen molar-refractivity contribution in [2.45, 2.75) is 26.8 Å². The molecule has 2 rings (SSSR count). The number of ether oxygens (including phenoxy) is 1. The summed E-state index contributed by atoms with van der Waals surface area (Å²) in [5.74, 6) is -0.705. The highest BCUT2D eigenvalue weighted by Gasteiger charge is 2.17. The fourth-order valence-electron chi connectivity index (χ4n) is 2.08. The summed E-state index contributed by atoms with van der Waals surface area (Å²) in [7, 11) is 1.52. The number of nitrogens with one attached hydrogen (secondary N) is 1. The van der Waals surface area contributed by atoms with Gasteiger partial charge in [-0.05, 0) is 42.5 Å². The predicted octanol–water partition coefficient (Wildman–Crippen LogP) is 2.28. The topological polar surface area (TPSA) is 81.9 Å². The number of nitrogens with zero attached hydrogens (tertiary/aromatic N) is 4. The Kier molecular flexibility index (Phi) is 5.38. The van der Waals surface area contributed by atoms with E-state index in [-0.39, 0.29) is 23.4 Å². The van der Waals surface area contributed by atoms with Gasteiger partial charge in [-0.3, -0.25) is 4.79 Å². The Hall–Kier alpha value is -2.35. The van der Waals surface area contributed by atoms with Crippen LogP contribution < -0.4 is 5.32 Å². The molecule has 0 spiro atoms. The number of hydrogen-bond donors (Lipinski definition) is 1. The van der Waals surface area contributed by atoms with E-state index in [1.807, 2.05) is 13.8 Å². The van der Waals surface area contributed by atoms with Gasteiger partial charge in [-0.2, -0.15) is 0 Å². The van der Waals surface area contributed by atoms with Gasteiger partial charge >= 0.3 is 0 Å². The fraction of sp³-hybridized carbons (Fsp3) is 0.467. The van der Waals surface area contributed by atoms with Crippen molar-refractivity contribution in [3.63, 3.8) is 0 Å². The maximum Gasteiger partial charge on any atom is 0.229 e. The second kappa shape index (κ2) is 7.28. The lowest BCUT2D eigenvalue weighted by Crippen LogP contribution is -2.23. The number of tetrazole rings is 1. The zero-order chi connectivity index (χ0) is 17.0. The first-order valence-electron chi connectivity index (χ1n) is 7.31. The van der Waals surface area contributed by atoms with Crippen LogP contribution in [0.1, 0.15) is 26.8 Å². The fourth-order valence-corrected chi connectivity index (χ4v) is 2.08. The molecule has 0 aliphatic carbocycles. The molecule has 1 aromatic heterocycles. The summed E-state index contributed by atoms with van der Waals surface area (Å²) in [6.07, 6.45) is 0. The normalized spacial score (nSPS) is 12.4. The molecule has 0 aliphatic heterocycles. The molecule has 0 bridgehead atoms. The summed E-state index contributed by atoms with van der Waals surface area (Å²) in [6, 6.07) is 4.44. The minimum atomic E-state index is -0.501. The molecule has 1 atom stereocenters. The number of hydrogen-bond acceptors (Lipinski definition) is 5. The molecule has 8 heteroatoms. The number of benzene rings is 1. The van der Waals surface area contributed by atoms with Gasteiger partial charge in [-0.25, -0.2) is 9.07 Å². The lowest BCUT2D eigenvalue weighted by Gasteiger charge is -2.12. The van der Waals surface area contributed by atoms with E-state index in [2.05, 4.69) is 20.8 Å². The standard InChI is InChI=1S/C15H20FN5O2/c1-9(2)21-14(18-19-20-21)12-6-5-11(7-13(12)16)17-15(22)10(3)8-23-4/h5-7,9-10H,8H2,1-4H3,(H,17,22). The average Bonchev–Trinajstić information content (AvgIpc) is 2.97. The summed E-state index contributed by atoms with van der Waals surface area (Å²) in [6.45, 7) is 5.85. The van der Waals surface area contributed by atoms with Gasteiger partial charge in [0.15, 0.2) is 5.82 Å². The van der Waals surface area contributed by atoms with E-state index < -0.39 is 5.82 Å². The third kappa shape index (κ3) is 3.89. The van der Waals surface area contributed by atoms with Crippen molar-refractivity contribution in [1.29, 1.82) is 0 Å². The Morgan fingerprint density at radius 3 is 2.74 bits per heavy atom. The van der Waals surface area contributed by atoms with Crippen LogP contribution in [-0.2, 0) is 9.53 Å². The summed E-state index contributed by atoms with van der Waals surface area (Å²) >= 11 is 0. The molecule has 23 heavy (non-hydrogen) atoms. The van der Waals surface area contributed by atoms with Gasteiger partial charge in [0.05, 0.1) is 24.1 Å². The van der Waals surface area contributed by atoms with Crippen molar-refractivity contribution >= 4 is 11.6 Å². The van der Waals surface area contributed by atoms with Crippen LogP contribution in [0.3, 0.4) is 0 Å². The number of amides is 1. The van der Waals surface area contributed by atoms with Crippen LogP contribution >= 0.6 is 0 Å². The third-order valence-electron chi connectivity index (χ3n) is 3.32. The minimum Gasteiger partial charge on any atom is -0.384 e. The Bertz CT molecular complexity index is 686. The summed E-state index contributed by atoms with van der Waals surface area (Å²) < 4.78 is 20.8. The molecule has 0 saturated carbocycles. The number of anilines is 1. The lowest BCUT2D eigenvalue weighted by atomic mass is 10.1. The number of rotatable bonds is 6. The predicted molar refractivity (Wildman–Crippen MR) is 83.3 cm³/mol. The Morgan fingerprint density at radius 2 is 2.13 bits per heavy atom. The first kappa shape index (κ1) is 17.0. The number of aromatic nitrogens is 4. The van der Waals surface area contributed by atoms with Crippen molar-refractivity contribution in [2.75, 3.05) is 19.0 Å². The van der Waals surface area contributed by atoms with Gasteiger partial charge in [0.1, 0.15) is 5.82 Å². The molecule has 0 aliphatic rings. The smallest absolute Gasteiger partial charge is 0.229 e. The van der Waals surface area contributed by atoms with Crippen LogP contribution in [0.15, 0.2) is 18.2 Å². The van der Waals surface area contributed by atoms with Crippen molar-refractivity contribution < 1.29 is 13.9 Å². The van der Waals surface area contributed by atoms with Gasteiger partial charge in [0.25, 0.3) is 0 Å². The molecular formula is C15H20FN5O2. The SMILES string of the molecule is COCC(C)C(=O)Nc1ccc(-c2nnnn2C(C)C)c(F)c1. The Labute approximate surface area is 133 Å². The molecule has 7 nitrogen and oxygen atoms in total. The van der Waals surface area contributed by atoms with Crippen molar-refractivity contribution in [1.82, 2.24) is 20.2 Å². The van der Waals surface area contributed by atoms with Crippen LogP contribution in [0.4, 0.5) is 10.1 Å². The molecule has 0 radical (unpaired) electrons. The third-order valence-corrected chi connectivity index (χ3v) is 3.32. The largest absolute Gasteiger partial charge is 0.384 e. The van der Waals surface area contributed by atoms with Gasteiger partial charge in [0, 0.05) is 12.8 Å². The van der Waals surface area contributed by atoms with E-state index in [1.54, 1.807) is 19.1 Å². The highest BCUT2D eigenvalue weighted by Crippen LogP contribution is 2.25. The molecule has 1 heterocycles. The molecule has 1 amide bonds. The van der Waals surface area contributed by atoms with Crippen LogP contribution in [0.2, 0.25) is 0 Å². The van der Waals surface area contributed by atoms with E-state index in [1.165, 1.54) is 17.9 Å². The van der Waals surface area contributed by atoms with Crippen LogP contribution in [0.5, 0.6) is 0 Å². The average molecular weight is 321 g/mol. The van der Waals surface area contributed by atoms with Crippen molar-refractivity contribution in [2.24, 2.45) is 5.92 Å².